The number of rotatable bonds is 8. The summed E-state index contributed by atoms with van der Waals surface area (Å²) in [5.41, 5.74) is -1.10. The molecule has 2 heterocycles. The van der Waals surface area contributed by atoms with Gasteiger partial charge >= 0.3 is 6.18 Å². The highest BCUT2D eigenvalue weighted by Gasteiger charge is 2.60. The zero-order valence-electron chi connectivity index (χ0n) is 18.2. The summed E-state index contributed by atoms with van der Waals surface area (Å²) >= 11 is 0.435. The second-order valence-electron chi connectivity index (χ2n) is 8.94. The van der Waals surface area contributed by atoms with Gasteiger partial charge in [-0.3, -0.25) is 4.79 Å². The SMILES string of the molecule is CCCC1CCNC(C(=O)NC(C(C)C)C2(O)OC(SCC(F)(F)F)CCC2(O)O)C1. The van der Waals surface area contributed by atoms with Crippen molar-refractivity contribution in [2.24, 2.45) is 11.8 Å². The fraction of sp³-hybridized carbons (Fsp3) is 0.950. The van der Waals surface area contributed by atoms with E-state index in [4.69, 9.17) is 4.74 Å². The van der Waals surface area contributed by atoms with Crippen molar-refractivity contribution in [3.05, 3.63) is 0 Å². The van der Waals surface area contributed by atoms with E-state index in [1.54, 1.807) is 13.8 Å². The van der Waals surface area contributed by atoms with Gasteiger partial charge in [-0.1, -0.05) is 33.6 Å². The van der Waals surface area contributed by atoms with Crippen LogP contribution in [0.3, 0.4) is 0 Å². The summed E-state index contributed by atoms with van der Waals surface area (Å²) in [6, 6.07) is -1.74. The Bertz CT molecular complexity index is 606. The number of halogens is 3. The molecule has 0 aromatic carbocycles. The number of piperidine rings is 1. The molecule has 182 valence electrons. The quantitative estimate of drug-likeness (QED) is 0.344. The van der Waals surface area contributed by atoms with Gasteiger partial charge in [-0.15, -0.1) is 11.8 Å². The van der Waals surface area contributed by atoms with Gasteiger partial charge in [-0.2, -0.15) is 13.2 Å². The Labute approximate surface area is 185 Å². The second-order valence-corrected chi connectivity index (χ2v) is 10.1. The highest BCUT2D eigenvalue weighted by Crippen LogP contribution is 2.42. The number of nitrogens with one attached hydrogen (secondary N) is 2. The number of thioether (sulfide) groups is 1. The number of aliphatic hydroxyl groups is 3. The van der Waals surface area contributed by atoms with E-state index in [2.05, 4.69) is 17.6 Å². The Morgan fingerprint density at radius 3 is 2.55 bits per heavy atom. The molecule has 7 nitrogen and oxygen atoms in total. The summed E-state index contributed by atoms with van der Waals surface area (Å²) in [7, 11) is 0. The Balaban J connectivity index is 2.15. The first kappa shape index (κ1) is 26.7. The normalized spacial score (nSPS) is 32.6. The summed E-state index contributed by atoms with van der Waals surface area (Å²) in [6.07, 6.45) is -1.30. The average molecular weight is 473 g/mol. The molecule has 1 amide bonds. The van der Waals surface area contributed by atoms with Crippen LogP contribution in [-0.4, -0.2) is 68.8 Å². The average Bonchev–Trinajstić information content (AvgIpc) is 2.66. The number of amides is 1. The van der Waals surface area contributed by atoms with Crippen molar-refractivity contribution in [3.8, 4) is 0 Å². The van der Waals surface area contributed by atoms with Crippen molar-refractivity contribution in [1.82, 2.24) is 10.6 Å². The van der Waals surface area contributed by atoms with Gasteiger partial charge in [0.05, 0.1) is 17.8 Å². The Kier molecular flexibility index (Phi) is 9.08. The van der Waals surface area contributed by atoms with Crippen molar-refractivity contribution in [2.45, 2.75) is 94.6 Å². The summed E-state index contributed by atoms with van der Waals surface area (Å²) in [6.45, 7) is 6.07. The van der Waals surface area contributed by atoms with Crippen LogP contribution in [0.25, 0.3) is 0 Å². The molecule has 0 aliphatic carbocycles. The number of hydrogen-bond acceptors (Lipinski definition) is 7. The van der Waals surface area contributed by atoms with E-state index >= 15 is 0 Å². The van der Waals surface area contributed by atoms with Crippen LogP contribution in [0.5, 0.6) is 0 Å². The zero-order valence-corrected chi connectivity index (χ0v) is 19.1. The fourth-order valence-electron chi connectivity index (χ4n) is 4.32. The lowest BCUT2D eigenvalue weighted by molar-refractivity contribution is -0.407. The topological polar surface area (TPSA) is 111 Å². The van der Waals surface area contributed by atoms with Crippen LogP contribution in [0.1, 0.15) is 59.3 Å². The Hall–Kier alpha value is -0.590. The smallest absolute Gasteiger partial charge is 0.361 e. The molecule has 5 N–H and O–H groups in total. The van der Waals surface area contributed by atoms with E-state index in [0.717, 1.165) is 19.3 Å². The van der Waals surface area contributed by atoms with Gasteiger partial charge in [-0.25, -0.2) is 0 Å². The van der Waals surface area contributed by atoms with Crippen LogP contribution in [0.2, 0.25) is 0 Å². The third kappa shape index (κ3) is 6.94. The fourth-order valence-corrected chi connectivity index (χ4v) is 5.19. The standard InChI is InChI=1S/C20H35F3N2O5S/c1-4-5-13-7-9-24-14(10-13)17(26)25-16(12(2)3)20(29)18(27,28)8-6-15(30-20)31-11-19(21,22)23/h12-16,24,27-29H,4-11H2,1-3H3,(H,25,26). The molecule has 2 fully saturated rings. The van der Waals surface area contributed by atoms with Crippen molar-refractivity contribution < 1.29 is 38.0 Å². The maximum Gasteiger partial charge on any atom is 0.397 e. The maximum atomic E-state index is 12.9. The van der Waals surface area contributed by atoms with Crippen molar-refractivity contribution in [1.29, 1.82) is 0 Å². The molecule has 5 atom stereocenters. The highest BCUT2D eigenvalue weighted by molar-refractivity contribution is 7.99. The van der Waals surface area contributed by atoms with E-state index in [9.17, 15) is 33.3 Å². The molecular formula is C20H35F3N2O5S. The minimum atomic E-state index is -4.42. The number of hydrogen-bond donors (Lipinski definition) is 5. The van der Waals surface area contributed by atoms with E-state index in [0.29, 0.717) is 30.6 Å². The molecule has 31 heavy (non-hydrogen) atoms. The molecule has 0 spiro atoms. The first-order valence-corrected chi connectivity index (χ1v) is 11.9. The summed E-state index contributed by atoms with van der Waals surface area (Å²) in [4.78, 5) is 12.9. The molecule has 2 rings (SSSR count). The molecule has 11 heteroatoms. The van der Waals surface area contributed by atoms with Gasteiger partial charge < -0.3 is 30.7 Å². The summed E-state index contributed by atoms with van der Waals surface area (Å²) in [5, 5.41) is 37.9. The zero-order chi connectivity index (χ0) is 23.4. The highest BCUT2D eigenvalue weighted by atomic mass is 32.2. The van der Waals surface area contributed by atoms with Crippen LogP contribution < -0.4 is 10.6 Å². The molecule has 2 saturated heterocycles. The molecule has 2 aliphatic rings. The number of ether oxygens (including phenoxy) is 1. The lowest BCUT2D eigenvalue weighted by Crippen LogP contribution is -2.72. The van der Waals surface area contributed by atoms with Gasteiger partial charge in [0.2, 0.25) is 17.5 Å². The van der Waals surface area contributed by atoms with Crippen LogP contribution in [-0.2, 0) is 9.53 Å². The third-order valence-corrected chi connectivity index (χ3v) is 7.16. The first-order chi connectivity index (χ1) is 14.3. The lowest BCUT2D eigenvalue weighted by Gasteiger charge is -2.50. The number of carbonyl (C=O) groups is 1. The van der Waals surface area contributed by atoms with Gasteiger partial charge in [0.25, 0.3) is 0 Å². The second kappa shape index (κ2) is 10.6. The Morgan fingerprint density at radius 1 is 1.29 bits per heavy atom. The predicted octanol–water partition coefficient (Wildman–Crippen LogP) is 2.10. The molecule has 0 saturated carbocycles. The van der Waals surface area contributed by atoms with Crippen LogP contribution in [0, 0.1) is 11.8 Å². The Morgan fingerprint density at radius 2 is 1.97 bits per heavy atom. The van der Waals surface area contributed by atoms with Gasteiger partial charge in [0.15, 0.2) is 0 Å². The van der Waals surface area contributed by atoms with E-state index in [1.165, 1.54) is 0 Å². The van der Waals surface area contributed by atoms with Crippen LogP contribution >= 0.6 is 11.8 Å². The van der Waals surface area contributed by atoms with E-state index < -0.39 is 59.3 Å². The van der Waals surface area contributed by atoms with Crippen LogP contribution in [0.4, 0.5) is 13.2 Å². The largest absolute Gasteiger partial charge is 0.397 e. The minimum Gasteiger partial charge on any atom is -0.361 e. The van der Waals surface area contributed by atoms with Crippen molar-refractivity contribution in [2.75, 3.05) is 12.3 Å². The lowest BCUT2D eigenvalue weighted by atomic mass is 9.84. The van der Waals surface area contributed by atoms with Crippen molar-refractivity contribution >= 4 is 17.7 Å². The van der Waals surface area contributed by atoms with Crippen molar-refractivity contribution in [3.63, 3.8) is 0 Å². The van der Waals surface area contributed by atoms with Gasteiger partial charge in [-0.05, 0) is 37.6 Å². The minimum absolute atomic E-state index is 0.0856. The maximum absolute atomic E-state index is 12.9. The summed E-state index contributed by atoms with van der Waals surface area (Å²) < 4.78 is 43.3. The predicted molar refractivity (Wildman–Crippen MR) is 111 cm³/mol. The monoisotopic (exact) mass is 472 g/mol. The van der Waals surface area contributed by atoms with Crippen LogP contribution in [0.15, 0.2) is 0 Å². The van der Waals surface area contributed by atoms with E-state index in [1.807, 2.05) is 0 Å². The molecular weight excluding hydrogens is 437 g/mol. The molecule has 0 radical (unpaired) electrons. The third-order valence-electron chi connectivity index (χ3n) is 5.96. The molecule has 0 aromatic heterocycles. The first-order valence-electron chi connectivity index (χ1n) is 10.9. The summed E-state index contributed by atoms with van der Waals surface area (Å²) in [5.74, 6) is -7.08. The molecule has 2 aliphatic heterocycles. The molecule has 5 unspecified atom stereocenters. The number of alkyl halides is 3. The van der Waals surface area contributed by atoms with Gasteiger partial charge in [0.1, 0.15) is 5.44 Å². The van der Waals surface area contributed by atoms with Gasteiger partial charge in [0, 0.05) is 6.42 Å². The number of carbonyl (C=O) groups excluding carboxylic acids is 1. The molecule has 0 aromatic rings. The van der Waals surface area contributed by atoms with E-state index in [-0.39, 0.29) is 6.42 Å². The molecule has 0 bridgehead atoms.